The lowest BCUT2D eigenvalue weighted by atomic mass is 9.84. The Balaban J connectivity index is 2.74. The van der Waals surface area contributed by atoms with Gasteiger partial charge in [0.05, 0.1) is 13.2 Å². The van der Waals surface area contributed by atoms with Gasteiger partial charge >= 0.3 is 7.60 Å². The third-order valence-electron chi connectivity index (χ3n) is 3.03. The van der Waals surface area contributed by atoms with Crippen LogP contribution in [-0.4, -0.2) is 18.7 Å². The first-order valence-electron chi connectivity index (χ1n) is 5.08. The molecule has 15 heavy (non-hydrogen) atoms. The second-order valence-corrected chi connectivity index (χ2v) is 5.75. The first kappa shape index (κ1) is 12.6. The monoisotopic (exact) mass is 232 g/mol. The maximum absolute atomic E-state index is 11.8. The molecule has 5 heteroatoms. The standard InChI is InChI=1S/C10H17O4P/c1-4-9(11)15(12)13-7-10(5-2,6-3)8-14-15/h4H,1,5-8H2,2-3H3. The van der Waals surface area contributed by atoms with Crippen molar-refractivity contribution in [3.8, 4) is 0 Å². The van der Waals surface area contributed by atoms with E-state index in [4.69, 9.17) is 9.05 Å². The van der Waals surface area contributed by atoms with Crippen LogP contribution in [0.3, 0.4) is 0 Å². The Morgan fingerprint density at radius 2 is 1.87 bits per heavy atom. The molecule has 1 fully saturated rings. The summed E-state index contributed by atoms with van der Waals surface area (Å²) in [7, 11) is -3.57. The third kappa shape index (κ3) is 2.39. The topological polar surface area (TPSA) is 52.6 Å². The van der Waals surface area contributed by atoms with Crippen LogP contribution in [-0.2, 0) is 18.4 Å². The van der Waals surface area contributed by atoms with E-state index in [9.17, 15) is 9.36 Å². The summed E-state index contributed by atoms with van der Waals surface area (Å²) in [5.41, 5.74) is -0.752. The maximum Gasteiger partial charge on any atom is 0.401 e. The molecular weight excluding hydrogens is 215 g/mol. The van der Waals surface area contributed by atoms with Crippen molar-refractivity contribution in [2.24, 2.45) is 5.41 Å². The summed E-state index contributed by atoms with van der Waals surface area (Å²) in [5, 5.41) is 0. The molecule has 4 nitrogen and oxygen atoms in total. The molecule has 1 rings (SSSR count). The van der Waals surface area contributed by atoms with Crippen molar-refractivity contribution in [3.05, 3.63) is 12.7 Å². The second-order valence-electron chi connectivity index (χ2n) is 3.79. The highest BCUT2D eigenvalue weighted by molar-refractivity contribution is 7.72. The first-order chi connectivity index (χ1) is 7.02. The lowest BCUT2D eigenvalue weighted by Gasteiger charge is -2.37. The van der Waals surface area contributed by atoms with Gasteiger partial charge in [0.15, 0.2) is 0 Å². The van der Waals surface area contributed by atoms with Crippen molar-refractivity contribution >= 4 is 13.1 Å². The van der Waals surface area contributed by atoms with Crippen LogP contribution in [0.5, 0.6) is 0 Å². The van der Waals surface area contributed by atoms with Gasteiger partial charge in [-0.2, -0.15) is 0 Å². The van der Waals surface area contributed by atoms with Crippen LogP contribution in [0.1, 0.15) is 26.7 Å². The zero-order chi connectivity index (χ0) is 11.5. The van der Waals surface area contributed by atoms with Crippen molar-refractivity contribution in [1.82, 2.24) is 0 Å². The lowest BCUT2D eigenvalue weighted by molar-refractivity contribution is -0.111. The predicted molar refractivity (Wildman–Crippen MR) is 57.7 cm³/mol. The van der Waals surface area contributed by atoms with Gasteiger partial charge in [-0.25, -0.2) is 0 Å². The molecule has 0 bridgehead atoms. The highest BCUT2D eigenvalue weighted by atomic mass is 31.2. The molecular formula is C10H17O4P. The van der Waals surface area contributed by atoms with Gasteiger partial charge in [0.1, 0.15) is 0 Å². The van der Waals surface area contributed by atoms with Crippen molar-refractivity contribution in [2.45, 2.75) is 26.7 Å². The van der Waals surface area contributed by atoms with E-state index in [-0.39, 0.29) is 5.41 Å². The molecule has 0 aromatic rings. The predicted octanol–water partition coefficient (Wildman–Crippen LogP) is 2.75. The molecule has 0 aliphatic carbocycles. The van der Waals surface area contributed by atoms with E-state index in [1.807, 2.05) is 13.8 Å². The molecule has 0 N–H and O–H groups in total. The molecule has 0 radical (unpaired) electrons. The molecule has 0 amide bonds. The van der Waals surface area contributed by atoms with E-state index in [2.05, 4.69) is 6.58 Å². The van der Waals surface area contributed by atoms with E-state index >= 15 is 0 Å². The number of allylic oxidation sites excluding steroid dienone is 1. The number of hydrogen-bond donors (Lipinski definition) is 0. The SMILES string of the molecule is C=CC(=O)P1(=O)OCC(CC)(CC)CO1. The van der Waals surface area contributed by atoms with Crippen LogP contribution in [0.15, 0.2) is 12.7 Å². The van der Waals surface area contributed by atoms with E-state index in [1.165, 1.54) is 0 Å². The Hall–Kier alpha value is -0.440. The Kier molecular flexibility index (Phi) is 3.87. The normalized spacial score (nSPS) is 23.3. The summed E-state index contributed by atoms with van der Waals surface area (Å²) in [6, 6.07) is 0. The molecule has 1 aliphatic heterocycles. The molecule has 0 atom stereocenters. The molecule has 1 aliphatic rings. The quantitative estimate of drug-likeness (QED) is 0.552. The smallest absolute Gasteiger partial charge is 0.302 e. The van der Waals surface area contributed by atoms with Crippen LogP contribution in [0, 0.1) is 5.41 Å². The number of carbonyl (C=O) groups is 1. The summed E-state index contributed by atoms with van der Waals surface area (Å²) in [6.07, 6.45) is 2.75. The molecule has 86 valence electrons. The fraction of sp³-hybridized carbons (Fsp3) is 0.700. The van der Waals surface area contributed by atoms with Gasteiger partial charge in [-0.15, -0.1) is 0 Å². The molecule has 0 spiro atoms. The fourth-order valence-electron chi connectivity index (χ4n) is 1.42. The minimum absolute atomic E-state index is 0.102. The van der Waals surface area contributed by atoms with Crippen LogP contribution >= 0.6 is 7.60 Å². The number of rotatable bonds is 4. The van der Waals surface area contributed by atoms with Crippen LogP contribution in [0.4, 0.5) is 0 Å². The van der Waals surface area contributed by atoms with E-state index < -0.39 is 13.1 Å². The molecule has 1 heterocycles. The van der Waals surface area contributed by atoms with Gasteiger partial charge < -0.3 is 9.05 Å². The average molecular weight is 232 g/mol. The molecule has 1 saturated heterocycles. The van der Waals surface area contributed by atoms with Gasteiger partial charge in [-0.3, -0.25) is 9.36 Å². The highest BCUT2D eigenvalue weighted by Crippen LogP contribution is 2.55. The maximum atomic E-state index is 11.8. The van der Waals surface area contributed by atoms with Crippen molar-refractivity contribution in [3.63, 3.8) is 0 Å². The Morgan fingerprint density at radius 1 is 1.40 bits per heavy atom. The van der Waals surface area contributed by atoms with Crippen molar-refractivity contribution in [2.75, 3.05) is 13.2 Å². The minimum atomic E-state index is -3.57. The highest BCUT2D eigenvalue weighted by Gasteiger charge is 2.43. The molecule has 0 aromatic carbocycles. The van der Waals surface area contributed by atoms with Gasteiger partial charge in [0.2, 0.25) is 0 Å². The van der Waals surface area contributed by atoms with Gasteiger partial charge in [-0.05, 0) is 18.9 Å². The van der Waals surface area contributed by atoms with Crippen LogP contribution in [0.2, 0.25) is 0 Å². The molecule has 0 unspecified atom stereocenters. The lowest BCUT2D eigenvalue weighted by Crippen LogP contribution is -2.35. The van der Waals surface area contributed by atoms with Crippen LogP contribution < -0.4 is 0 Å². The molecule has 0 aromatic heterocycles. The second kappa shape index (κ2) is 4.60. The Labute approximate surface area is 90.2 Å². The van der Waals surface area contributed by atoms with E-state index in [1.54, 1.807) is 0 Å². The number of hydrogen-bond acceptors (Lipinski definition) is 4. The van der Waals surface area contributed by atoms with Gasteiger partial charge in [0.25, 0.3) is 5.52 Å². The Morgan fingerprint density at radius 3 is 2.20 bits per heavy atom. The van der Waals surface area contributed by atoms with Crippen molar-refractivity contribution < 1.29 is 18.4 Å². The summed E-state index contributed by atoms with van der Waals surface area (Å²) in [4.78, 5) is 11.2. The van der Waals surface area contributed by atoms with E-state index in [0.717, 1.165) is 18.9 Å². The number of carbonyl (C=O) groups excluding carboxylic acids is 1. The van der Waals surface area contributed by atoms with Crippen LogP contribution in [0.25, 0.3) is 0 Å². The minimum Gasteiger partial charge on any atom is -0.302 e. The van der Waals surface area contributed by atoms with Gasteiger partial charge in [0, 0.05) is 5.41 Å². The summed E-state index contributed by atoms with van der Waals surface area (Å²) in [6.45, 7) is 7.97. The summed E-state index contributed by atoms with van der Waals surface area (Å²) < 4.78 is 22.1. The fourth-order valence-corrected chi connectivity index (χ4v) is 2.86. The average Bonchev–Trinajstić information content (AvgIpc) is 2.30. The Bertz CT molecular complexity index is 293. The molecule has 0 saturated carbocycles. The first-order valence-corrected chi connectivity index (χ1v) is 6.62. The zero-order valence-electron chi connectivity index (χ0n) is 9.19. The largest absolute Gasteiger partial charge is 0.401 e. The van der Waals surface area contributed by atoms with Crippen molar-refractivity contribution in [1.29, 1.82) is 0 Å². The summed E-state index contributed by atoms with van der Waals surface area (Å²) in [5.74, 6) is 0. The van der Waals surface area contributed by atoms with Gasteiger partial charge in [-0.1, -0.05) is 20.4 Å². The summed E-state index contributed by atoms with van der Waals surface area (Å²) >= 11 is 0. The zero-order valence-corrected chi connectivity index (χ0v) is 10.1. The third-order valence-corrected chi connectivity index (χ3v) is 4.69. The van der Waals surface area contributed by atoms with E-state index in [0.29, 0.717) is 13.2 Å².